The number of aromatic nitrogens is 3. The predicted octanol–water partition coefficient (Wildman–Crippen LogP) is 1.37. The Hall–Kier alpha value is -1.37. The van der Waals surface area contributed by atoms with E-state index in [0.717, 1.165) is 37.5 Å². The molecule has 1 fully saturated rings. The molecule has 0 unspecified atom stereocenters. The number of hydrogen-bond acceptors (Lipinski definition) is 5. The van der Waals surface area contributed by atoms with Gasteiger partial charge in [0.15, 0.2) is 0 Å². The Bertz CT molecular complexity index is 597. The number of aryl methyl sites for hydroxylation is 1. The Kier molecular flexibility index (Phi) is 4.28. The second-order valence-electron chi connectivity index (χ2n) is 5.65. The van der Waals surface area contributed by atoms with Crippen LogP contribution in [0.3, 0.4) is 0 Å². The molecule has 3 rings (SSSR count). The third-order valence-corrected chi connectivity index (χ3v) is 4.06. The van der Waals surface area contributed by atoms with E-state index in [4.69, 9.17) is 16.1 Å². The Balaban J connectivity index is 1.51. The molecule has 0 bridgehead atoms. The SMILES string of the molecule is Cc1cc(C[C@@H]2CN(CCn3cc(Cl)cn3)C[C@H]2O)on1. The van der Waals surface area contributed by atoms with Gasteiger partial charge in [0.05, 0.1) is 29.6 Å². The van der Waals surface area contributed by atoms with Crippen LogP contribution < -0.4 is 0 Å². The third kappa shape index (κ3) is 3.64. The second kappa shape index (κ2) is 6.17. The molecule has 0 spiro atoms. The molecule has 21 heavy (non-hydrogen) atoms. The first-order chi connectivity index (χ1) is 10.1. The van der Waals surface area contributed by atoms with Crippen molar-refractivity contribution in [2.24, 2.45) is 5.92 Å². The van der Waals surface area contributed by atoms with Crippen molar-refractivity contribution < 1.29 is 9.63 Å². The Labute approximate surface area is 128 Å². The average molecular weight is 311 g/mol. The maximum absolute atomic E-state index is 10.2. The van der Waals surface area contributed by atoms with Gasteiger partial charge in [-0.15, -0.1) is 0 Å². The summed E-state index contributed by atoms with van der Waals surface area (Å²) in [7, 11) is 0. The van der Waals surface area contributed by atoms with Crippen molar-refractivity contribution in [1.82, 2.24) is 19.8 Å². The largest absolute Gasteiger partial charge is 0.391 e. The molecular formula is C14H19ClN4O2. The Morgan fingerprint density at radius 3 is 2.95 bits per heavy atom. The molecule has 6 nitrogen and oxygen atoms in total. The summed E-state index contributed by atoms with van der Waals surface area (Å²) in [5, 5.41) is 18.9. The molecule has 0 radical (unpaired) electrons. The average Bonchev–Trinajstić information content (AvgIpc) is 3.11. The summed E-state index contributed by atoms with van der Waals surface area (Å²) in [5.41, 5.74) is 0.880. The topological polar surface area (TPSA) is 67.3 Å². The van der Waals surface area contributed by atoms with Crippen LogP contribution in [0.5, 0.6) is 0 Å². The molecule has 1 aliphatic rings. The van der Waals surface area contributed by atoms with Crippen LogP contribution in [0.2, 0.25) is 5.02 Å². The van der Waals surface area contributed by atoms with Crippen molar-refractivity contribution in [3.8, 4) is 0 Å². The van der Waals surface area contributed by atoms with Gasteiger partial charge in [-0.3, -0.25) is 9.58 Å². The number of rotatable bonds is 5. The second-order valence-corrected chi connectivity index (χ2v) is 6.08. The van der Waals surface area contributed by atoms with E-state index in [1.165, 1.54) is 0 Å². The van der Waals surface area contributed by atoms with Gasteiger partial charge in [-0.25, -0.2) is 0 Å². The minimum Gasteiger partial charge on any atom is -0.391 e. The smallest absolute Gasteiger partial charge is 0.137 e. The number of hydrogen-bond donors (Lipinski definition) is 1. The first-order valence-electron chi connectivity index (χ1n) is 7.11. The molecule has 1 aliphatic heterocycles. The van der Waals surface area contributed by atoms with Crippen LogP contribution in [0.15, 0.2) is 23.0 Å². The van der Waals surface area contributed by atoms with Gasteiger partial charge in [0.2, 0.25) is 0 Å². The number of likely N-dealkylation sites (tertiary alicyclic amines) is 1. The number of β-amino-alcohol motifs (C(OH)–C–C–N with tert-alkyl or cyclic N) is 1. The van der Waals surface area contributed by atoms with E-state index >= 15 is 0 Å². The molecule has 1 saturated heterocycles. The molecule has 0 aliphatic carbocycles. The maximum atomic E-state index is 10.2. The van der Waals surface area contributed by atoms with Gasteiger partial charge in [0.25, 0.3) is 0 Å². The highest BCUT2D eigenvalue weighted by Gasteiger charge is 2.31. The van der Waals surface area contributed by atoms with E-state index in [0.29, 0.717) is 11.6 Å². The molecule has 0 aromatic carbocycles. The van der Waals surface area contributed by atoms with Gasteiger partial charge >= 0.3 is 0 Å². The molecule has 1 N–H and O–H groups in total. The summed E-state index contributed by atoms with van der Waals surface area (Å²) in [4.78, 5) is 2.24. The third-order valence-electron chi connectivity index (χ3n) is 3.87. The summed E-state index contributed by atoms with van der Waals surface area (Å²) >= 11 is 5.84. The van der Waals surface area contributed by atoms with Crippen molar-refractivity contribution in [3.05, 3.63) is 34.9 Å². The lowest BCUT2D eigenvalue weighted by molar-refractivity contribution is 0.137. The Morgan fingerprint density at radius 2 is 2.29 bits per heavy atom. The number of halogens is 1. The molecule has 3 heterocycles. The number of aliphatic hydroxyl groups is 1. The zero-order valence-corrected chi connectivity index (χ0v) is 12.7. The number of nitrogens with zero attached hydrogens (tertiary/aromatic N) is 4. The van der Waals surface area contributed by atoms with Gasteiger partial charge in [0.1, 0.15) is 5.76 Å². The van der Waals surface area contributed by atoms with E-state index in [2.05, 4.69) is 15.2 Å². The Morgan fingerprint density at radius 1 is 1.43 bits per heavy atom. The summed E-state index contributed by atoms with van der Waals surface area (Å²) in [6, 6.07) is 1.93. The van der Waals surface area contributed by atoms with Crippen LogP contribution in [0, 0.1) is 12.8 Å². The van der Waals surface area contributed by atoms with E-state index in [9.17, 15) is 5.11 Å². The number of aliphatic hydroxyl groups excluding tert-OH is 1. The molecule has 2 aromatic rings. The minimum absolute atomic E-state index is 0.193. The van der Waals surface area contributed by atoms with Gasteiger partial charge in [-0.05, 0) is 6.92 Å². The van der Waals surface area contributed by atoms with Crippen LogP contribution in [-0.2, 0) is 13.0 Å². The van der Waals surface area contributed by atoms with Crippen molar-refractivity contribution in [3.63, 3.8) is 0 Å². The zero-order valence-electron chi connectivity index (χ0n) is 11.9. The van der Waals surface area contributed by atoms with Crippen molar-refractivity contribution >= 4 is 11.6 Å². The van der Waals surface area contributed by atoms with Gasteiger partial charge < -0.3 is 9.63 Å². The van der Waals surface area contributed by atoms with Crippen LogP contribution in [0.4, 0.5) is 0 Å². The molecule has 0 saturated carbocycles. The maximum Gasteiger partial charge on any atom is 0.137 e. The van der Waals surface area contributed by atoms with E-state index in [-0.39, 0.29) is 12.0 Å². The normalized spacial score (nSPS) is 23.0. The highest BCUT2D eigenvalue weighted by atomic mass is 35.5. The van der Waals surface area contributed by atoms with Crippen molar-refractivity contribution in [1.29, 1.82) is 0 Å². The van der Waals surface area contributed by atoms with Gasteiger partial charge in [-0.1, -0.05) is 16.8 Å². The van der Waals surface area contributed by atoms with Crippen LogP contribution in [0.25, 0.3) is 0 Å². The first-order valence-corrected chi connectivity index (χ1v) is 7.48. The van der Waals surface area contributed by atoms with Gasteiger partial charge in [0, 0.05) is 44.2 Å². The van der Waals surface area contributed by atoms with Crippen LogP contribution in [0.1, 0.15) is 11.5 Å². The lowest BCUT2D eigenvalue weighted by Crippen LogP contribution is -2.26. The van der Waals surface area contributed by atoms with E-state index < -0.39 is 0 Å². The summed E-state index contributed by atoms with van der Waals surface area (Å²) in [6.07, 6.45) is 3.85. The quantitative estimate of drug-likeness (QED) is 0.903. The highest BCUT2D eigenvalue weighted by molar-refractivity contribution is 6.30. The van der Waals surface area contributed by atoms with Crippen molar-refractivity contribution in [2.75, 3.05) is 19.6 Å². The first kappa shape index (κ1) is 14.6. The highest BCUT2D eigenvalue weighted by Crippen LogP contribution is 2.22. The zero-order chi connectivity index (χ0) is 14.8. The van der Waals surface area contributed by atoms with E-state index in [1.54, 1.807) is 6.20 Å². The predicted molar refractivity (Wildman–Crippen MR) is 78.1 cm³/mol. The molecule has 2 aromatic heterocycles. The molecule has 0 amide bonds. The summed E-state index contributed by atoms with van der Waals surface area (Å²) in [6.45, 7) is 5.07. The standard InChI is InChI=1S/C14H19ClN4O2/c1-10-4-13(21-17-10)5-11-7-18(9-14(11)20)2-3-19-8-12(15)6-16-19/h4,6,8,11,14,20H,2-3,5,7,9H2,1H3/t11-,14-/m1/s1. The monoisotopic (exact) mass is 310 g/mol. The molecule has 114 valence electrons. The summed E-state index contributed by atoms with van der Waals surface area (Å²) < 4.78 is 7.05. The molecular weight excluding hydrogens is 292 g/mol. The summed E-state index contributed by atoms with van der Waals surface area (Å²) in [5.74, 6) is 1.04. The van der Waals surface area contributed by atoms with Crippen molar-refractivity contribution in [2.45, 2.75) is 26.0 Å². The van der Waals surface area contributed by atoms with E-state index in [1.807, 2.05) is 23.9 Å². The molecule has 7 heteroatoms. The van der Waals surface area contributed by atoms with Gasteiger partial charge in [-0.2, -0.15) is 5.10 Å². The fourth-order valence-electron chi connectivity index (χ4n) is 2.80. The van der Waals surface area contributed by atoms with Crippen LogP contribution in [-0.4, -0.2) is 50.7 Å². The fourth-order valence-corrected chi connectivity index (χ4v) is 2.96. The van der Waals surface area contributed by atoms with Crippen LogP contribution >= 0.6 is 11.6 Å². The molecule has 2 atom stereocenters. The lowest BCUT2D eigenvalue weighted by atomic mass is 10.0. The lowest BCUT2D eigenvalue weighted by Gasteiger charge is -2.14. The minimum atomic E-state index is -0.323. The fraction of sp³-hybridized carbons (Fsp3) is 0.571.